The van der Waals surface area contributed by atoms with E-state index >= 15 is 0 Å². The maximum absolute atomic E-state index is 12.2. The number of sulfone groups is 1. The van der Waals surface area contributed by atoms with Gasteiger partial charge in [0.25, 0.3) is 0 Å². The van der Waals surface area contributed by atoms with E-state index in [4.69, 9.17) is 0 Å². The Bertz CT molecular complexity index is 366. The molecule has 92 valence electrons. The van der Waals surface area contributed by atoms with Crippen LogP contribution in [-0.2, 0) is 14.6 Å². The average Bonchev–Trinajstić information content (AvgIpc) is 2.78. The van der Waals surface area contributed by atoms with E-state index in [1.54, 1.807) is 6.92 Å². The lowest BCUT2D eigenvalue weighted by Gasteiger charge is -2.17. The van der Waals surface area contributed by atoms with Crippen molar-refractivity contribution >= 4 is 15.6 Å². The Kier molecular flexibility index (Phi) is 3.38. The van der Waals surface area contributed by atoms with Crippen LogP contribution >= 0.6 is 0 Å². The molecule has 16 heavy (non-hydrogen) atoms. The van der Waals surface area contributed by atoms with Crippen LogP contribution < -0.4 is 0 Å². The SMILES string of the molecule is CC1C(=O)CCC1S(=O)(=O)CC1CCCC1. The Morgan fingerprint density at radius 1 is 1.19 bits per heavy atom. The van der Waals surface area contributed by atoms with Gasteiger partial charge >= 0.3 is 0 Å². The topological polar surface area (TPSA) is 51.2 Å². The minimum absolute atomic E-state index is 0.125. The quantitative estimate of drug-likeness (QED) is 0.762. The molecule has 0 aromatic rings. The van der Waals surface area contributed by atoms with E-state index < -0.39 is 9.84 Å². The molecule has 2 atom stereocenters. The van der Waals surface area contributed by atoms with Crippen LogP contribution in [0.1, 0.15) is 45.4 Å². The van der Waals surface area contributed by atoms with E-state index in [-0.39, 0.29) is 17.0 Å². The summed E-state index contributed by atoms with van der Waals surface area (Å²) in [5.41, 5.74) is 0. The highest BCUT2D eigenvalue weighted by atomic mass is 32.2. The van der Waals surface area contributed by atoms with Gasteiger partial charge in [-0.15, -0.1) is 0 Å². The van der Waals surface area contributed by atoms with Crippen LogP contribution in [0.4, 0.5) is 0 Å². The van der Waals surface area contributed by atoms with Crippen molar-refractivity contribution in [2.24, 2.45) is 11.8 Å². The highest BCUT2D eigenvalue weighted by Gasteiger charge is 2.40. The summed E-state index contributed by atoms with van der Waals surface area (Å²) in [5.74, 6) is 0.522. The molecule has 2 rings (SSSR count). The van der Waals surface area contributed by atoms with E-state index in [1.165, 1.54) is 12.8 Å². The summed E-state index contributed by atoms with van der Waals surface area (Å²) in [7, 11) is -3.05. The van der Waals surface area contributed by atoms with E-state index in [9.17, 15) is 13.2 Å². The van der Waals surface area contributed by atoms with Gasteiger partial charge in [-0.25, -0.2) is 8.42 Å². The number of hydrogen-bond donors (Lipinski definition) is 0. The van der Waals surface area contributed by atoms with Crippen molar-refractivity contribution in [3.05, 3.63) is 0 Å². The molecule has 2 saturated carbocycles. The van der Waals surface area contributed by atoms with Crippen molar-refractivity contribution in [2.45, 2.75) is 50.7 Å². The van der Waals surface area contributed by atoms with Crippen LogP contribution in [0.25, 0.3) is 0 Å². The Hall–Kier alpha value is -0.380. The van der Waals surface area contributed by atoms with Gasteiger partial charge in [-0.2, -0.15) is 0 Å². The molecule has 0 radical (unpaired) electrons. The van der Waals surface area contributed by atoms with Gasteiger partial charge in [-0.1, -0.05) is 19.8 Å². The second kappa shape index (κ2) is 4.47. The maximum Gasteiger partial charge on any atom is 0.154 e. The lowest BCUT2D eigenvalue weighted by Crippen LogP contribution is -2.30. The van der Waals surface area contributed by atoms with Gasteiger partial charge < -0.3 is 0 Å². The second-order valence-electron chi connectivity index (χ2n) is 5.31. The lowest BCUT2D eigenvalue weighted by molar-refractivity contribution is -0.120. The largest absolute Gasteiger partial charge is 0.299 e. The molecule has 0 spiro atoms. The minimum atomic E-state index is -3.05. The third kappa shape index (κ3) is 2.31. The van der Waals surface area contributed by atoms with Crippen molar-refractivity contribution < 1.29 is 13.2 Å². The van der Waals surface area contributed by atoms with Crippen LogP contribution in [0.2, 0.25) is 0 Å². The van der Waals surface area contributed by atoms with Crippen molar-refractivity contribution in [1.29, 1.82) is 0 Å². The molecule has 2 unspecified atom stereocenters. The van der Waals surface area contributed by atoms with E-state index in [0.717, 1.165) is 12.8 Å². The molecular formula is C12H20O3S. The first-order chi connectivity index (χ1) is 7.50. The Morgan fingerprint density at radius 3 is 2.31 bits per heavy atom. The van der Waals surface area contributed by atoms with Gasteiger partial charge in [0.05, 0.1) is 11.0 Å². The van der Waals surface area contributed by atoms with Gasteiger partial charge in [-0.3, -0.25) is 4.79 Å². The zero-order chi connectivity index (χ0) is 11.8. The first-order valence-corrected chi connectivity index (χ1v) is 7.96. The van der Waals surface area contributed by atoms with Gasteiger partial charge in [0.15, 0.2) is 9.84 Å². The number of ketones is 1. The van der Waals surface area contributed by atoms with Crippen LogP contribution in [0.15, 0.2) is 0 Å². The summed E-state index contributed by atoms with van der Waals surface area (Å²) in [6.45, 7) is 1.77. The fraction of sp³-hybridized carbons (Fsp3) is 0.917. The molecule has 0 heterocycles. The molecule has 0 saturated heterocycles. The van der Waals surface area contributed by atoms with E-state index in [1.807, 2.05) is 0 Å². The maximum atomic E-state index is 12.2. The third-order valence-electron chi connectivity index (χ3n) is 4.14. The summed E-state index contributed by atoms with van der Waals surface area (Å²) in [5, 5.41) is -0.388. The summed E-state index contributed by atoms with van der Waals surface area (Å²) >= 11 is 0. The van der Waals surface area contributed by atoms with Gasteiger partial charge in [0.2, 0.25) is 0 Å². The molecular weight excluding hydrogens is 224 g/mol. The van der Waals surface area contributed by atoms with Crippen LogP contribution in [0.3, 0.4) is 0 Å². The zero-order valence-corrected chi connectivity index (χ0v) is 10.6. The molecule has 4 heteroatoms. The lowest BCUT2D eigenvalue weighted by atomic mass is 10.1. The van der Waals surface area contributed by atoms with Gasteiger partial charge in [0.1, 0.15) is 5.78 Å². The number of hydrogen-bond acceptors (Lipinski definition) is 3. The number of Topliss-reactive ketones (excluding diaryl/α,β-unsaturated/α-hetero) is 1. The molecule has 3 nitrogen and oxygen atoms in total. The van der Waals surface area contributed by atoms with E-state index in [0.29, 0.717) is 24.5 Å². The fourth-order valence-electron chi connectivity index (χ4n) is 3.09. The molecule has 0 aromatic heterocycles. The number of carbonyl (C=O) groups is 1. The average molecular weight is 244 g/mol. The monoisotopic (exact) mass is 244 g/mol. The normalized spacial score (nSPS) is 32.4. The molecule has 0 amide bonds. The fourth-order valence-corrected chi connectivity index (χ4v) is 5.58. The predicted molar refractivity (Wildman–Crippen MR) is 62.9 cm³/mol. The van der Waals surface area contributed by atoms with Crippen LogP contribution in [-0.4, -0.2) is 25.2 Å². The molecule has 2 aliphatic carbocycles. The van der Waals surface area contributed by atoms with Crippen LogP contribution in [0, 0.1) is 11.8 Å². The molecule has 0 aliphatic heterocycles. The molecule has 2 aliphatic rings. The standard InChI is InChI=1S/C12H20O3S/c1-9-11(13)6-7-12(9)16(14,15)8-10-4-2-3-5-10/h9-10,12H,2-8H2,1H3. The van der Waals surface area contributed by atoms with Crippen molar-refractivity contribution in [3.63, 3.8) is 0 Å². The molecule has 0 N–H and O–H groups in total. The Balaban J connectivity index is 2.04. The zero-order valence-electron chi connectivity index (χ0n) is 9.81. The van der Waals surface area contributed by atoms with Crippen LogP contribution in [0.5, 0.6) is 0 Å². The van der Waals surface area contributed by atoms with E-state index in [2.05, 4.69) is 0 Å². The minimum Gasteiger partial charge on any atom is -0.299 e. The summed E-state index contributed by atoms with van der Waals surface area (Å²) in [6.07, 6.45) is 5.44. The van der Waals surface area contributed by atoms with Gasteiger partial charge in [0, 0.05) is 12.3 Å². The summed E-state index contributed by atoms with van der Waals surface area (Å²) < 4.78 is 24.4. The summed E-state index contributed by atoms with van der Waals surface area (Å²) in [4.78, 5) is 11.4. The number of carbonyl (C=O) groups excluding carboxylic acids is 1. The third-order valence-corrected chi connectivity index (χ3v) is 6.65. The molecule has 0 bridgehead atoms. The van der Waals surface area contributed by atoms with Crippen molar-refractivity contribution in [2.75, 3.05) is 5.75 Å². The molecule has 2 fully saturated rings. The summed E-state index contributed by atoms with van der Waals surface area (Å²) in [6, 6.07) is 0. The van der Waals surface area contributed by atoms with Gasteiger partial charge in [-0.05, 0) is 25.2 Å². The second-order valence-corrected chi connectivity index (χ2v) is 7.58. The highest BCUT2D eigenvalue weighted by molar-refractivity contribution is 7.92. The molecule has 0 aromatic carbocycles. The van der Waals surface area contributed by atoms with Crippen molar-refractivity contribution in [3.8, 4) is 0 Å². The highest BCUT2D eigenvalue weighted by Crippen LogP contribution is 2.32. The predicted octanol–water partition coefficient (Wildman–Crippen LogP) is 1.96. The smallest absolute Gasteiger partial charge is 0.154 e. The first kappa shape index (κ1) is 12.1. The number of rotatable bonds is 3. The Morgan fingerprint density at radius 2 is 1.81 bits per heavy atom. The Labute approximate surface area is 97.5 Å². The van der Waals surface area contributed by atoms with Crippen molar-refractivity contribution in [1.82, 2.24) is 0 Å². The first-order valence-electron chi connectivity index (χ1n) is 6.25.